The predicted molar refractivity (Wildman–Crippen MR) is 116 cm³/mol. The highest BCUT2D eigenvalue weighted by molar-refractivity contribution is 5.85. The van der Waals surface area contributed by atoms with Gasteiger partial charge < -0.3 is 14.5 Å². The van der Waals surface area contributed by atoms with E-state index in [1.165, 1.54) is 12.1 Å². The number of benzene rings is 3. The summed E-state index contributed by atoms with van der Waals surface area (Å²) in [5.41, 5.74) is 0.811. The van der Waals surface area contributed by atoms with E-state index in [0.717, 1.165) is 23.0 Å². The van der Waals surface area contributed by atoms with Crippen molar-refractivity contribution in [3.8, 4) is 23.0 Å². The number of pyridine rings is 1. The summed E-state index contributed by atoms with van der Waals surface area (Å²) in [6, 6.07) is 21.2. The Balaban J connectivity index is 1.37. The van der Waals surface area contributed by atoms with Crippen LogP contribution in [-0.2, 0) is 6.18 Å². The number of halogens is 3. The molecule has 1 N–H and O–H groups in total. The Labute approximate surface area is 185 Å². The molecule has 2 aromatic heterocycles. The topological polar surface area (TPSA) is 73.1 Å². The van der Waals surface area contributed by atoms with E-state index in [9.17, 15) is 13.2 Å². The van der Waals surface area contributed by atoms with Crippen LogP contribution in [0.1, 0.15) is 5.56 Å². The molecule has 33 heavy (non-hydrogen) atoms. The van der Waals surface area contributed by atoms with E-state index in [0.29, 0.717) is 17.1 Å². The van der Waals surface area contributed by atoms with Crippen LogP contribution in [0.15, 0.2) is 89.5 Å². The van der Waals surface area contributed by atoms with Crippen LogP contribution in [0.2, 0.25) is 0 Å². The molecule has 5 aromatic rings. The van der Waals surface area contributed by atoms with Crippen molar-refractivity contribution in [1.82, 2.24) is 15.2 Å². The largest absolute Gasteiger partial charge is 0.457 e. The van der Waals surface area contributed by atoms with Crippen molar-refractivity contribution >= 4 is 22.6 Å². The van der Waals surface area contributed by atoms with Crippen molar-refractivity contribution in [1.29, 1.82) is 0 Å². The highest BCUT2D eigenvalue weighted by Crippen LogP contribution is 2.33. The van der Waals surface area contributed by atoms with Gasteiger partial charge in [-0.3, -0.25) is 4.98 Å². The van der Waals surface area contributed by atoms with E-state index in [-0.39, 0.29) is 17.6 Å². The van der Waals surface area contributed by atoms with Crippen LogP contribution < -0.4 is 10.1 Å². The molecule has 0 spiro atoms. The first-order valence-electron chi connectivity index (χ1n) is 9.85. The van der Waals surface area contributed by atoms with Gasteiger partial charge in [0, 0.05) is 22.8 Å². The lowest BCUT2D eigenvalue weighted by molar-refractivity contribution is -0.137. The van der Waals surface area contributed by atoms with E-state index in [1.54, 1.807) is 36.5 Å². The number of rotatable bonds is 5. The fourth-order valence-corrected chi connectivity index (χ4v) is 3.27. The summed E-state index contributed by atoms with van der Waals surface area (Å²) in [5, 5.41) is 11.4. The molecule has 3 aromatic carbocycles. The lowest BCUT2D eigenvalue weighted by atomic mass is 10.2. The smallest absolute Gasteiger partial charge is 0.416 e. The average molecular weight is 448 g/mol. The minimum Gasteiger partial charge on any atom is -0.457 e. The van der Waals surface area contributed by atoms with E-state index in [1.807, 2.05) is 24.3 Å². The van der Waals surface area contributed by atoms with Gasteiger partial charge in [-0.1, -0.05) is 29.4 Å². The second-order valence-electron chi connectivity index (χ2n) is 7.07. The molecule has 0 atom stereocenters. The molecule has 5 rings (SSSR count). The van der Waals surface area contributed by atoms with Gasteiger partial charge in [0.25, 0.3) is 0 Å². The summed E-state index contributed by atoms with van der Waals surface area (Å²) in [6.45, 7) is 0. The first-order chi connectivity index (χ1) is 16.0. The van der Waals surface area contributed by atoms with Crippen LogP contribution in [0, 0.1) is 0 Å². The van der Waals surface area contributed by atoms with E-state index in [4.69, 9.17) is 9.15 Å². The zero-order valence-electron chi connectivity index (χ0n) is 16.9. The van der Waals surface area contributed by atoms with Gasteiger partial charge in [0.1, 0.15) is 11.5 Å². The molecular formula is C24H15F3N4O2. The lowest BCUT2D eigenvalue weighted by Gasteiger charge is -2.09. The quantitative estimate of drug-likeness (QED) is 0.317. The van der Waals surface area contributed by atoms with Crippen LogP contribution in [0.4, 0.5) is 24.9 Å². The van der Waals surface area contributed by atoms with Gasteiger partial charge in [-0.15, -0.1) is 5.10 Å². The number of hydrogen-bond acceptors (Lipinski definition) is 6. The number of alkyl halides is 3. The highest BCUT2D eigenvalue weighted by atomic mass is 19.4. The zero-order valence-corrected chi connectivity index (χ0v) is 16.9. The molecule has 0 radical (unpaired) electrons. The van der Waals surface area contributed by atoms with Crippen molar-refractivity contribution in [3.05, 3.63) is 90.6 Å². The standard InChI is InChI=1S/C24H15F3N4O2/c25-24(26,27)16-6-4-7-17(14-16)29-23-31-30-22(33-23)15-5-3-8-18(13-15)32-21-11-12-28-20-10-2-1-9-19(20)21/h1-14H,(H,29,31). The fourth-order valence-electron chi connectivity index (χ4n) is 3.27. The molecule has 2 heterocycles. The zero-order chi connectivity index (χ0) is 22.8. The van der Waals surface area contributed by atoms with E-state index < -0.39 is 11.7 Å². The molecule has 0 saturated carbocycles. The van der Waals surface area contributed by atoms with Crippen molar-refractivity contribution in [2.45, 2.75) is 6.18 Å². The Morgan fingerprint density at radius 2 is 1.70 bits per heavy atom. The summed E-state index contributed by atoms with van der Waals surface area (Å²) < 4.78 is 50.4. The molecule has 6 nitrogen and oxygen atoms in total. The third-order valence-corrected chi connectivity index (χ3v) is 4.78. The Morgan fingerprint density at radius 1 is 0.848 bits per heavy atom. The molecule has 0 amide bonds. The maximum absolute atomic E-state index is 12.9. The van der Waals surface area contributed by atoms with Gasteiger partial charge >= 0.3 is 12.2 Å². The Bertz CT molecular complexity index is 1430. The number of anilines is 2. The summed E-state index contributed by atoms with van der Waals surface area (Å²) >= 11 is 0. The van der Waals surface area contributed by atoms with Crippen molar-refractivity contribution in [2.24, 2.45) is 0 Å². The molecule has 9 heteroatoms. The summed E-state index contributed by atoms with van der Waals surface area (Å²) in [7, 11) is 0. The average Bonchev–Trinajstić information content (AvgIpc) is 3.28. The normalized spacial score (nSPS) is 11.5. The summed E-state index contributed by atoms with van der Waals surface area (Å²) in [5.74, 6) is 1.39. The predicted octanol–water partition coefficient (Wildman–Crippen LogP) is 6.84. The maximum atomic E-state index is 12.9. The lowest BCUT2D eigenvalue weighted by Crippen LogP contribution is -2.05. The van der Waals surface area contributed by atoms with Crippen LogP contribution in [0.5, 0.6) is 11.5 Å². The molecule has 0 aliphatic carbocycles. The van der Waals surface area contributed by atoms with Gasteiger partial charge in [0.2, 0.25) is 5.89 Å². The summed E-state index contributed by atoms with van der Waals surface area (Å²) in [4.78, 5) is 4.32. The van der Waals surface area contributed by atoms with Gasteiger partial charge in [0.05, 0.1) is 11.1 Å². The minimum absolute atomic E-state index is 0.0317. The Kier molecular flexibility index (Phi) is 5.14. The number of hydrogen-bond donors (Lipinski definition) is 1. The van der Waals surface area contributed by atoms with Gasteiger partial charge in [0.15, 0.2) is 0 Å². The first-order valence-corrected chi connectivity index (χ1v) is 9.85. The molecule has 0 aliphatic heterocycles. The van der Waals surface area contributed by atoms with Gasteiger partial charge in [-0.2, -0.15) is 13.2 Å². The number of fused-ring (bicyclic) bond motifs is 1. The van der Waals surface area contributed by atoms with Gasteiger partial charge in [-0.05, 0) is 54.6 Å². The fraction of sp³-hybridized carbons (Fsp3) is 0.0417. The Morgan fingerprint density at radius 3 is 2.58 bits per heavy atom. The molecule has 0 fully saturated rings. The molecule has 0 unspecified atom stereocenters. The van der Waals surface area contributed by atoms with Crippen LogP contribution >= 0.6 is 0 Å². The van der Waals surface area contributed by atoms with Gasteiger partial charge in [-0.25, -0.2) is 0 Å². The second kappa shape index (κ2) is 8.27. The molecule has 0 aliphatic rings. The van der Waals surface area contributed by atoms with E-state index in [2.05, 4.69) is 20.5 Å². The second-order valence-corrected chi connectivity index (χ2v) is 7.07. The number of aromatic nitrogens is 3. The van der Waals surface area contributed by atoms with Crippen LogP contribution in [-0.4, -0.2) is 15.2 Å². The SMILES string of the molecule is FC(F)(F)c1cccc(Nc2nnc(-c3cccc(Oc4ccnc5ccccc45)c3)o2)c1. The number of para-hydroxylation sites is 1. The van der Waals surface area contributed by atoms with Crippen LogP contribution in [0.25, 0.3) is 22.4 Å². The van der Waals surface area contributed by atoms with Crippen molar-refractivity contribution in [3.63, 3.8) is 0 Å². The number of ether oxygens (including phenoxy) is 1. The monoisotopic (exact) mass is 448 g/mol. The third kappa shape index (κ3) is 4.47. The third-order valence-electron chi connectivity index (χ3n) is 4.78. The molecule has 164 valence electrons. The van der Waals surface area contributed by atoms with E-state index >= 15 is 0 Å². The molecular weight excluding hydrogens is 433 g/mol. The van der Waals surface area contributed by atoms with Crippen molar-refractivity contribution < 1.29 is 22.3 Å². The maximum Gasteiger partial charge on any atom is 0.416 e. The molecule has 0 bridgehead atoms. The highest BCUT2D eigenvalue weighted by Gasteiger charge is 2.30. The number of nitrogens with zero attached hydrogens (tertiary/aromatic N) is 3. The molecule has 0 saturated heterocycles. The number of nitrogens with one attached hydrogen (secondary N) is 1. The summed E-state index contributed by atoms with van der Waals surface area (Å²) in [6.07, 6.45) is -2.77. The Hall–Kier alpha value is -4.40. The van der Waals surface area contributed by atoms with Crippen LogP contribution in [0.3, 0.4) is 0 Å². The van der Waals surface area contributed by atoms with Crippen molar-refractivity contribution in [2.75, 3.05) is 5.32 Å². The first kappa shape index (κ1) is 20.5. The minimum atomic E-state index is -4.45.